The molecule has 0 unspecified atom stereocenters. The number of unbranched alkanes of at least 4 members (excludes halogenated alkanes) is 1. The number of benzene rings is 1. The quantitative estimate of drug-likeness (QED) is 0.351. The van der Waals surface area contributed by atoms with Crippen LogP contribution in [0.15, 0.2) is 35.9 Å². The number of nitrogens with one attached hydrogen (secondary N) is 2. The van der Waals surface area contributed by atoms with Gasteiger partial charge in [-0.25, -0.2) is 4.79 Å². The molecule has 0 aromatic heterocycles. The number of anilines is 1. The van der Waals surface area contributed by atoms with Crippen molar-refractivity contribution >= 4 is 29.0 Å². The minimum absolute atomic E-state index is 0.310. The molecule has 1 rings (SSSR count). The van der Waals surface area contributed by atoms with Gasteiger partial charge in [0.1, 0.15) is 0 Å². The summed E-state index contributed by atoms with van der Waals surface area (Å²) in [5.41, 5.74) is 3.14. The minimum atomic E-state index is -0.905. The SMILES string of the molecule is C=C(CN/C=C\CC)c1c(NCCCC)cc(C(=O)O)cc1SCC. The van der Waals surface area contributed by atoms with Crippen LogP contribution in [0.5, 0.6) is 0 Å². The Morgan fingerprint density at radius 3 is 2.68 bits per heavy atom. The summed E-state index contributed by atoms with van der Waals surface area (Å²) in [5, 5.41) is 16.1. The molecule has 0 spiro atoms. The van der Waals surface area contributed by atoms with E-state index in [0.29, 0.717) is 12.1 Å². The number of hydrogen-bond donors (Lipinski definition) is 3. The topological polar surface area (TPSA) is 61.4 Å². The summed E-state index contributed by atoms with van der Waals surface area (Å²) < 4.78 is 0. The molecule has 0 saturated heterocycles. The zero-order valence-electron chi connectivity index (χ0n) is 15.5. The summed E-state index contributed by atoms with van der Waals surface area (Å²) >= 11 is 1.65. The van der Waals surface area contributed by atoms with Crippen LogP contribution in [0.1, 0.15) is 56.0 Å². The van der Waals surface area contributed by atoms with Gasteiger partial charge >= 0.3 is 5.97 Å². The van der Waals surface area contributed by atoms with Crippen molar-refractivity contribution in [2.45, 2.75) is 44.9 Å². The number of aromatic carboxylic acids is 1. The van der Waals surface area contributed by atoms with E-state index < -0.39 is 5.97 Å². The maximum atomic E-state index is 11.5. The number of hydrogen-bond acceptors (Lipinski definition) is 4. The number of rotatable bonds is 12. The van der Waals surface area contributed by atoms with Crippen LogP contribution in [0.2, 0.25) is 0 Å². The molecular formula is C20H30N2O2S. The van der Waals surface area contributed by atoms with Gasteiger partial charge in [0.05, 0.1) is 5.56 Å². The van der Waals surface area contributed by atoms with Crippen molar-refractivity contribution in [1.29, 1.82) is 0 Å². The van der Waals surface area contributed by atoms with Gasteiger partial charge in [-0.3, -0.25) is 0 Å². The predicted molar refractivity (Wildman–Crippen MR) is 110 cm³/mol. The molecule has 0 bridgehead atoms. The Labute approximate surface area is 155 Å². The largest absolute Gasteiger partial charge is 0.478 e. The van der Waals surface area contributed by atoms with E-state index in [9.17, 15) is 9.90 Å². The maximum Gasteiger partial charge on any atom is 0.335 e. The van der Waals surface area contributed by atoms with Crippen molar-refractivity contribution in [3.63, 3.8) is 0 Å². The number of carboxylic acids is 1. The predicted octanol–water partition coefficient (Wildman–Crippen LogP) is 5.24. The second-order valence-electron chi connectivity index (χ2n) is 5.71. The lowest BCUT2D eigenvalue weighted by molar-refractivity contribution is 0.0696. The van der Waals surface area contributed by atoms with Crippen LogP contribution in [-0.2, 0) is 0 Å². The molecule has 0 aliphatic carbocycles. The first-order chi connectivity index (χ1) is 12.0. The third-order valence-electron chi connectivity index (χ3n) is 3.64. The van der Waals surface area contributed by atoms with E-state index in [1.54, 1.807) is 23.9 Å². The van der Waals surface area contributed by atoms with Crippen LogP contribution in [-0.4, -0.2) is 29.9 Å². The highest BCUT2D eigenvalue weighted by Gasteiger charge is 2.16. The maximum absolute atomic E-state index is 11.5. The van der Waals surface area contributed by atoms with Crippen LogP contribution in [0.25, 0.3) is 5.57 Å². The van der Waals surface area contributed by atoms with Gasteiger partial charge < -0.3 is 15.7 Å². The average molecular weight is 363 g/mol. The Hall–Kier alpha value is -1.88. The number of carboxylic acid groups (broad SMARTS) is 1. The van der Waals surface area contributed by atoms with Crippen LogP contribution in [0.4, 0.5) is 5.69 Å². The summed E-state index contributed by atoms with van der Waals surface area (Å²) in [6.45, 7) is 12.0. The minimum Gasteiger partial charge on any atom is -0.478 e. The molecule has 0 aliphatic rings. The van der Waals surface area contributed by atoms with Crippen molar-refractivity contribution in [2.24, 2.45) is 0 Å². The Kier molecular flexibility index (Phi) is 9.85. The first kappa shape index (κ1) is 21.2. The standard InChI is InChI=1S/C20H30N2O2S/c1-5-8-10-21-14-15(4)19-17(22-11-9-6-2)12-16(20(23)24)13-18(19)25-7-3/h8,10,12-13,21-22H,4-7,9,11,14H2,1-3H3,(H,23,24)/b10-8-. The third kappa shape index (κ3) is 6.86. The first-order valence-electron chi connectivity index (χ1n) is 8.89. The van der Waals surface area contributed by atoms with E-state index >= 15 is 0 Å². The van der Waals surface area contributed by atoms with Crippen molar-refractivity contribution in [2.75, 3.05) is 24.2 Å². The lowest BCUT2D eigenvalue weighted by Gasteiger charge is -2.19. The smallest absolute Gasteiger partial charge is 0.335 e. The number of thioether (sulfide) groups is 1. The van der Waals surface area contributed by atoms with Gasteiger partial charge in [-0.15, -0.1) is 11.8 Å². The van der Waals surface area contributed by atoms with Crippen molar-refractivity contribution in [1.82, 2.24) is 5.32 Å². The van der Waals surface area contributed by atoms with Gasteiger partial charge in [-0.2, -0.15) is 0 Å². The molecule has 0 atom stereocenters. The molecule has 0 aliphatic heterocycles. The van der Waals surface area contributed by atoms with Crippen LogP contribution in [0.3, 0.4) is 0 Å². The van der Waals surface area contributed by atoms with Crippen molar-refractivity contribution in [3.05, 3.63) is 42.1 Å². The molecule has 0 saturated carbocycles. The van der Waals surface area contributed by atoms with Crippen LogP contribution in [0, 0.1) is 0 Å². The number of allylic oxidation sites excluding steroid dienone is 1. The van der Waals surface area contributed by atoms with E-state index in [4.69, 9.17) is 0 Å². The summed E-state index contributed by atoms with van der Waals surface area (Å²) in [5.74, 6) is -0.0290. The molecule has 1 aromatic carbocycles. The van der Waals surface area contributed by atoms with Gasteiger partial charge in [0.15, 0.2) is 0 Å². The van der Waals surface area contributed by atoms with Gasteiger partial charge in [0.2, 0.25) is 0 Å². The fraction of sp³-hybridized carbons (Fsp3) is 0.450. The lowest BCUT2D eigenvalue weighted by atomic mass is 10.0. The van der Waals surface area contributed by atoms with Crippen LogP contribution < -0.4 is 10.6 Å². The second kappa shape index (κ2) is 11.6. The Balaban J connectivity index is 3.20. The average Bonchev–Trinajstić information content (AvgIpc) is 2.58. The molecule has 25 heavy (non-hydrogen) atoms. The second-order valence-corrected chi connectivity index (χ2v) is 7.02. The molecule has 0 heterocycles. The summed E-state index contributed by atoms with van der Waals surface area (Å²) in [7, 11) is 0. The van der Waals surface area contributed by atoms with Gasteiger partial charge in [0, 0.05) is 29.2 Å². The van der Waals surface area contributed by atoms with Crippen molar-refractivity contribution in [3.8, 4) is 0 Å². The van der Waals surface area contributed by atoms with Crippen molar-refractivity contribution < 1.29 is 9.90 Å². The van der Waals surface area contributed by atoms with Gasteiger partial charge in [-0.05, 0) is 42.5 Å². The zero-order valence-corrected chi connectivity index (χ0v) is 16.3. The zero-order chi connectivity index (χ0) is 18.7. The molecule has 1 aromatic rings. The van der Waals surface area contributed by atoms with Crippen LogP contribution >= 0.6 is 11.8 Å². The Morgan fingerprint density at radius 1 is 1.32 bits per heavy atom. The molecule has 4 nitrogen and oxygen atoms in total. The Morgan fingerprint density at radius 2 is 2.08 bits per heavy atom. The number of carbonyl (C=O) groups is 1. The summed E-state index contributed by atoms with van der Waals surface area (Å²) in [4.78, 5) is 12.4. The highest BCUT2D eigenvalue weighted by molar-refractivity contribution is 7.99. The third-order valence-corrected chi connectivity index (χ3v) is 4.56. The molecule has 138 valence electrons. The fourth-order valence-electron chi connectivity index (χ4n) is 2.38. The van der Waals surface area contributed by atoms with Gasteiger partial charge in [0.25, 0.3) is 0 Å². The van der Waals surface area contributed by atoms with E-state index in [-0.39, 0.29) is 0 Å². The van der Waals surface area contributed by atoms with E-state index in [2.05, 4.69) is 44.1 Å². The summed E-state index contributed by atoms with van der Waals surface area (Å²) in [6.07, 6.45) is 7.10. The van der Waals surface area contributed by atoms with E-state index in [0.717, 1.165) is 53.3 Å². The summed E-state index contributed by atoms with van der Waals surface area (Å²) in [6, 6.07) is 3.48. The molecular weight excluding hydrogens is 332 g/mol. The molecule has 0 fully saturated rings. The molecule has 0 amide bonds. The van der Waals surface area contributed by atoms with E-state index in [1.807, 2.05) is 6.20 Å². The highest BCUT2D eigenvalue weighted by atomic mass is 32.2. The van der Waals surface area contributed by atoms with E-state index in [1.165, 1.54) is 0 Å². The monoisotopic (exact) mass is 362 g/mol. The fourth-order valence-corrected chi connectivity index (χ4v) is 3.30. The molecule has 3 N–H and O–H groups in total. The highest BCUT2D eigenvalue weighted by Crippen LogP contribution is 2.35. The molecule has 5 heteroatoms. The normalized spacial score (nSPS) is 10.8. The first-order valence-corrected chi connectivity index (χ1v) is 9.88. The lowest BCUT2D eigenvalue weighted by Crippen LogP contribution is -2.13. The van der Waals surface area contributed by atoms with Gasteiger partial charge in [-0.1, -0.05) is 39.8 Å². The molecule has 0 radical (unpaired) electrons. The Bertz CT molecular complexity index is 612.